The van der Waals surface area contributed by atoms with Gasteiger partial charge in [-0.1, -0.05) is 91.0 Å². The molecule has 0 spiro atoms. The number of ether oxygens (including phenoxy) is 1. The number of rotatable bonds is 10. The summed E-state index contributed by atoms with van der Waals surface area (Å²) in [5, 5.41) is 12.8. The SMILES string of the molecule is Cc1sc(NC(=O)COCC(=O)N2CCN(C(c3ccccc3)c3ccccc3)CC2)c(C(=O)O)c1-c1ccccc1.[H-].[Na+]. The van der Waals surface area contributed by atoms with Crippen molar-refractivity contribution in [3.8, 4) is 11.1 Å². The van der Waals surface area contributed by atoms with E-state index in [0.717, 1.165) is 10.4 Å². The molecule has 2 amide bonds. The quantitative estimate of drug-likeness (QED) is 0.269. The zero-order valence-corrected chi connectivity index (χ0v) is 27.2. The van der Waals surface area contributed by atoms with Gasteiger partial charge >= 0.3 is 35.5 Å². The van der Waals surface area contributed by atoms with Crippen LogP contribution in [0, 0.1) is 6.92 Å². The Morgan fingerprint density at radius 1 is 0.860 bits per heavy atom. The monoisotopic (exact) mass is 607 g/mol. The van der Waals surface area contributed by atoms with Gasteiger partial charge in [0.15, 0.2) is 0 Å². The Hall–Kier alpha value is -3.31. The standard InChI is InChI=1S/C33H33N3O5S.Na.H/c1-23-29(24-11-5-2-6-12-24)30(33(39)40)32(42-23)34-27(37)21-41-22-28(38)35-17-19-36(20-18-35)31(25-13-7-3-8-14-25)26-15-9-4-10-16-26;;/h2-16,31H,17-22H2,1H3,(H,34,37)(H,39,40);;/q;+1;-1. The molecule has 1 aliphatic rings. The van der Waals surface area contributed by atoms with Crippen molar-refractivity contribution in [2.45, 2.75) is 13.0 Å². The number of amides is 2. The first-order chi connectivity index (χ1) is 20.4. The molecule has 10 heteroatoms. The third-order valence-corrected chi connectivity index (χ3v) is 8.36. The summed E-state index contributed by atoms with van der Waals surface area (Å²) in [7, 11) is 0. The Morgan fingerprint density at radius 2 is 1.40 bits per heavy atom. The average molecular weight is 608 g/mol. The van der Waals surface area contributed by atoms with Crippen molar-refractivity contribution in [3.05, 3.63) is 113 Å². The van der Waals surface area contributed by atoms with E-state index in [0.29, 0.717) is 31.7 Å². The number of piperazine rings is 1. The maximum atomic E-state index is 12.9. The predicted molar refractivity (Wildman–Crippen MR) is 165 cm³/mol. The molecular weight excluding hydrogens is 573 g/mol. The van der Waals surface area contributed by atoms with Crippen molar-refractivity contribution in [3.63, 3.8) is 0 Å². The van der Waals surface area contributed by atoms with E-state index in [2.05, 4.69) is 34.5 Å². The van der Waals surface area contributed by atoms with E-state index in [-0.39, 0.29) is 66.7 Å². The van der Waals surface area contributed by atoms with Gasteiger partial charge in [0.2, 0.25) is 5.91 Å². The summed E-state index contributed by atoms with van der Waals surface area (Å²) in [5.41, 5.74) is 3.82. The van der Waals surface area contributed by atoms with Gasteiger partial charge in [-0.2, -0.15) is 0 Å². The second kappa shape index (κ2) is 15.4. The molecule has 3 aromatic carbocycles. The first kappa shape index (κ1) is 32.6. The number of hydrogen-bond acceptors (Lipinski definition) is 6. The van der Waals surface area contributed by atoms with Crippen LogP contribution in [0.25, 0.3) is 11.1 Å². The van der Waals surface area contributed by atoms with Crippen molar-refractivity contribution in [1.82, 2.24) is 9.80 Å². The number of nitrogens with zero attached hydrogens (tertiary/aromatic N) is 2. The molecule has 1 saturated heterocycles. The minimum atomic E-state index is -1.12. The van der Waals surface area contributed by atoms with Crippen molar-refractivity contribution < 1.29 is 55.2 Å². The van der Waals surface area contributed by atoms with Crippen molar-refractivity contribution in [1.29, 1.82) is 0 Å². The fourth-order valence-electron chi connectivity index (χ4n) is 5.39. The third-order valence-electron chi connectivity index (χ3n) is 7.33. The molecule has 1 aliphatic heterocycles. The Kier molecular flexibility index (Phi) is 11.7. The van der Waals surface area contributed by atoms with Crippen LogP contribution in [0.3, 0.4) is 0 Å². The van der Waals surface area contributed by atoms with E-state index in [1.807, 2.05) is 73.7 Å². The predicted octanol–water partition coefficient (Wildman–Crippen LogP) is 2.43. The maximum Gasteiger partial charge on any atom is 1.00 e. The largest absolute Gasteiger partial charge is 1.00 e. The number of carbonyl (C=O) groups excluding carboxylic acids is 2. The molecule has 0 bridgehead atoms. The second-order valence-corrected chi connectivity index (χ2v) is 11.3. The van der Waals surface area contributed by atoms with Gasteiger partial charge in [-0.25, -0.2) is 4.79 Å². The van der Waals surface area contributed by atoms with Crippen molar-refractivity contribution in [2.24, 2.45) is 0 Å². The summed E-state index contributed by atoms with van der Waals surface area (Å²) >= 11 is 1.21. The molecule has 5 rings (SSSR count). The average Bonchev–Trinajstić information content (AvgIpc) is 3.34. The van der Waals surface area contributed by atoms with Crippen molar-refractivity contribution >= 4 is 34.1 Å². The van der Waals surface area contributed by atoms with Crippen LogP contribution in [0.1, 0.15) is 33.8 Å². The molecule has 8 nitrogen and oxygen atoms in total. The van der Waals surface area contributed by atoms with E-state index in [1.165, 1.54) is 22.5 Å². The van der Waals surface area contributed by atoms with Crippen LogP contribution in [-0.4, -0.2) is 72.1 Å². The Bertz CT molecular complexity index is 1490. The van der Waals surface area contributed by atoms with E-state index in [1.54, 1.807) is 4.90 Å². The van der Waals surface area contributed by atoms with Crippen LogP contribution in [0.15, 0.2) is 91.0 Å². The van der Waals surface area contributed by atoms with Gasteiger partial charge in [-0.15, -0.1) is 11.3 Å². The second-order valence-electron chi connectivity index (χ2n) is 10.1. The van der Waals surface area contributed by atoms with Crippen molar-refractivity contribution in [2.75, 3.05) is 44.7 Å². The fourth-order valence-corrected chi connectivity index (χ4v) is 6.47. The number of anilines is 1. The molecule has 0 aliphatic carbocycles. The fraction of sp³-hybridized carbons (Fsp3) is 0.242. The molecule has 2 N–H and O–H groups in total. The molecule has 218 valence electrons. The zero-order chi connectivity index (χ0) is 29.5. The minimum absolute atomic E-state index is 0. The number of aryl methyl sites for hydroxylation is 1. The van der Waals surface area contributed by atoms with Gasteiger partial charge in [0.1, 0.15) is 23.8 Å². The molecule has 0 saturated carbocycles. The molecule has 1 aromatic heterocycles. The summed E-state index contributed by atoms with van der Waals surface area (Å²) in [4.78, 5) is 42.5. The molecule has 4 aromatic rings. The van der Waals surface area contributed by atoms with Crippen LogP contribution >= 0.6 is 11.3 Å². The van der Waals surface area contributed by atoms with E-state index >= 15 is 0 Å². The first-order valence-electron chi connectivity index (χ1n) is 13.8. The van der Waals surface area contributed by atoms with Gasteiger partial charge < -0.3 is 21.5 Å². The molecule has 0 atom stereocenters. The zero-order valence-electron chi connectivity index (χ0n) is 25.4. The van der Waals surface area contributed by atoms with Gasteiger partial charge in [0.25, 0.3) is 5.91 Å². The number of carboxylic acids is 1. The molecule has 2 heterocycles. The summed E-state index contributed by atoms with van der Waals surface area (Å²) in [6.45, 7) is 3.78. The van der Waals surface area contributed by atoms with Crippen LogP contribution in [-0.2, 0) is 14.3 Å². The molecule has 0 radical (unpaired) electrons. The Morgan fingerprint density at radius 3 is 1.93 bits per heavy atom. The number of carbonyl (C=O) groups is 3. The number of aromatic carboxylic acids is 1. The number of nitrogens with one attached hydrogen (secondary N) is 1. The van der Waals surface area contributed by atoms with E-state index in [4.69, 9.17) is 4.74 Å². The van der Waals surface area contributed by atoms with Gasteiger partial charge in [-0.05, 0) is 23.6 Å². The maximum absolute atomic E-state index is 12.9. The summed E-state index contributed by atoms with van der Waals surface area (Å²) in [5.74, 6) is -1.81. The molecule has 0 unspecified atom stereocenters. The van der Waals surface area contributed by atoms with Gasteiger partial charge in [0, 0.05) is 36.6 Å². The smallest absolute Gasteiger partial charge is 1.00 e. The number of hydrogen-bond donors (Lipinski definition) is 2. The number of benzene rings is 3. The first-order valence-corrected chi connectivity index (χ1v) is 14.7. The number of carboxylic acid groups (broad SMARTS) is 1. The topological polar surface area (TPSA) is 99.2 Å². The normalized spacial score (nSPS) is 13.4. The summed E-state index contributed by atoms with van der Waals surface area (Å²) in [6, 6.07) is 30.0. The summed E-state index contributed by atoms with van der Waals surface area (Å²) < 4.78 is 5.46. The van der Waals surface area contributed by atoms with Crippen LogP contribution in [0.4, 0.5) is 5.00 Å². The van der Waals surface area contributed by atoms with Gasteiger partial charge in [-0.3, -0.25) is 14.5 Å². The van der Waals surface area contributed by atoms with Gasteiger partial charge in [0.05, 0.1) is 6.04 Å². The third kappa shape index (κ3) is 8.00. The molecular formula is C33H34N3NaO5S. The van der Waals surface area contributed by atoms with E-state index < -0.39 is 11.9 Å². The summed E-state index contributed by atoms with van der Waals surface area (Å²) in [6.07, 6.45) is 0. The van der Waals surface area contributed by atoms with Crippen LogP contribution < -0.4 is 34.9 Å². The Labute approximate surface area is 279 Å². The van der Waals surface area contributed by atoms with Crippen LogP contribution in [0.5, 0.6) is 0 Å². The minimum Gasteiger partial charge on any atom is -1.00 e. The molecule has 43 heavy (non-hydrogen) atoms. The van der Waals surface area contributed by atoms with Crippen LogP contribution in [0.2, 0.25) is 0 Å². The van der Waals surface area contributed by atoms with E-state index in [9.17, 15) is 19.5 Å². The molecule has 1 fully saturated rings. The number of thiophene rings is 1. The Balaban J connectivity index is 0.00000264.